The second-order valence-electron chi connectivity index (χ2n) is 12.0. The minimum Gasteiger partial charge on any atom is -0.468 e. The minimum atomic E-state index is -1.47. The molecular formula is C34H45N4O6+. The highest BCUT2D eigenvalue weighted by molar-refractivity contribution is 6.02. The number of amides is 3. The molecule has 2 heterocycles. The summed E-state index contributed by atoms with van der Waals surface area (Å²) in [4.78, 5) is 59.2. The number of hydrogen-bond acceptors (Lipinski definition) is 6. The van der Waals surface area contributed by atoms with Gasteiger partial charge in [-0.1, -0.05) is 68.8 Å². The maximum absolute atomic E-state index is 14.0. The van der Waals surface area contributed by atoms with Crippen LogP contribution in [0.25, 0.3) is 0 Å². The van der Waals surface area contributed by atoms with Crippen molar-refractivity contribution in [2.24, 2.45) is 17.8 Å². The largest absolute Gasteiger partial charge is 0.468 e. The summed E-state index contributed by atoms with van der Waals surface area (Å²) in [5.74, 6) is -5.13. The van der Waals surface area contributed by atoms with E-state index in [-0.39, 0.29) is 30.8 Å². The molecule has 10 nitrogen and oxygen atoms in total. The quantitative estimate of drug-likeness (QED) is 0.164. The summed E-state index contributed by atoms with van der Waals surface area (Å²) < 4.78 is 7.23. The number of carbonyl (C=O) groups is 4. The molecule has 2 bridgehead atoms. The molecule has 3 amide bonds. The van der Waals surface area contributed by atoms with Gasteiger partial charge in [-0.2, -0.15) is 0 Å². The van der Waals surface area contributed by atoms with Gasteiger partial charge in [-0.25, -0.2) is 10.1 Å². The Morgan fingerprint density at radius 2 is 1.70 bits per heavy atom. The molecule has 0 aliphatic carbocycles. The number of methoxy groups -OCH3 is 1. The monoisotopic (exact) mass is 605 g/mol. The maximum Gasteiger partial charge on any atom is 0.319 e. The molecule has 2 aromatic carbocycles. The fourth-order valence-electron chi connectivity index (χ4n) is 5.99. The number of benzene rings is 2. The van der Waals surface area contributed by atoms with Crippen LogP contribution < -0.4 is 16.1 Å². The van der Waals surface area contributed by atoms with Crippen LogP contribution in [0, 0.1) is 17.8 Å². The number of nitrogens with one attached hydrogen (secondary N) is 3. The predicted octanol–water partition coefficient (Wildman–Crippen LogP) is 3.76. The van der Waals surface area contributed by atoms with Crippen LogP contribution in [-0.2, 0) is 35.4 Å². The summed E-state index contributed by atoms with van der Waals surface area (Å²) in [6, 6.07) is 16.5. The van der Waals surface area contributed by atoms with E-state index in [1.54, 1.807) is 0 Å². The first-order valence-corrected chi connectivity index (χ1v) is 15.6. The van der Waals surface area contributed by atoms with Crippen molar-refractivity contribution in [1.82, 2.24) is 16.1 Å². The van der Waals surface area contributed by atoms with Gasteiger partial charge in [0.15, 0.2) is 6.21 Å². The van der Waals surface area contributed by atoms with E-state index >= 15 is 0 Å². The highest BCUT2D eigenvalue weighted by Crippen LogP contribution is 2.35. The van der Waals surface area contributed by atoms with Gasteiger partial charge in [0, 0.05) is 24.6 Å². The van der Waals surface area contributed by atoms with Crippen LogP contribution in [-0.4, -0.2) is 60.7 Å². The Balaban J connectivity index is 1.56. The van der Waals surface area contributed by atoms with Gasteiger partial charge in [-0.15, -0.1) is 0 Å². The van der Waals surface area contributed by atoms with Crippen molar-refractivity contribution in [2.45, 2.75) is 70.9 Å². The molecule has 0 spiro atoms. The smallest absolute Gasteiger partial charge is 0.319 e. The lowest BCUT2D eigenvalue weighted by molar-refractivity contribution is -0.433. The Hall–Kier alpha value is -4.05. The van der Waals surface area contributed by atoms with Crippen LogP contribution in [0.4, 0.5) is 5.69 Å². The molecule has 0 saturated heterocycles. The molecule has 2 unspecified atom stereocenters. The topological polar surface area (TPSA) is 126 Å². The van der Waals surface area contributed by atoms with Crippen LogP contribution in [0.15, 0.2) is 54.6 Å². The van der Waals surface area contributed by atoms with E-state index in [4.69, 9.17) is 9.57 Å². The molecule has 0 aromatic heterocycles. The highest BCUT2D eigenvalue weighted by Gasteiger charge is 2.42. The van der Waals surface area contributed by atoms with Gasteiger partial charge in [0.1, 0.15) is 18.5 Å². The Kier molecular flexibility index (Phi) is 12.1. The van der Waals surface area contributed by atoms with Crippen LogP contribution in [0.2, 0.25) is 0 Å². The zero-order valence-corrected chi connectivity index (χ0v) is 25.9. The summed E-state index contributed by atoms with van der Waals surface area (Å²) >= 11 is 0. The van der Waals surface area contributed by atoms with E-state index in [9.17, 15) is 19.2 Å². The van der Waals surface area contributed by atoms with Crippen molar-refractivity contribution >= 4 is 35.6 Å². The molecule has 236 valence electrons. The fraction of sp³-hybridized carbons (Fsp3) is 0.500. The van der Waals surface area contributed by atoms with Gasteiger partial charge in [0.25, 0.3) is 5.91 Å². The second-order valence-corrected chi connectivity index (χ2v) is 12.0. The van der Waals surface area contributed by atoms with E-state index in [0.29, 0.717) is 13.0 Å². The molecule has 0 fully saturated rings. The molecule has 44 heavy (non-hydrogen) atoms. The van der Waals surface area contributed by atoms with Crippen molar-refractivity contribution in [1.29, 1.82) is 0 Å². The van der Waals surface area contributed by atoms with Gasteiger partial charge in [0.2, 0.25) is 17.5 Å². The van der Waals surface area contributed by atoms with Gasteiger partial charge in [0.05, 0.1) is 25.6 Å². The average molecular weight is 606 g/mol. The third-order valence-electron chi connectivity index (χ3n) is 8.21. The van der Waals surface area contributed by atoms with Crippen molar-refractivity contribution in [2.75, 3.05) is 20.2 Å². The van der Waals surface area contributed by atoms with Gasteiger partial charge < -0.3 is 15.4 Å². The summed E-state index contributed by atoms with van der Waals surface area (Å²) in [6.45, 7) is 5.30. The van der Waals surface area contributed by atoms with Crippen molar-refractivity contribution in [3.63, 3.8) is 0 Å². The number of carbonyl (C=O) groups excluding carboxylic acids is 4. The number of rotatable bonds is 10. The Morgan fingerprint density at radius 1 is 0.977 bits per heavy atom. The van der Waals surface area contributed by atoms with E-state index in [0.717, 1.165) is 49.0 Å². The highest BCUT2D eigenvalue weighted by atomic mass is 16.7. The number of fused-ring (bicyclic) bond motifs is 4. The molecule has 4 atom stereocenters. The standard InChI is InChI=1S/C34H44N4O6/c1-23(2)19-27(30(34(42)43-3)33(41)37-44-22-24-13-7-6-8-14-24)31(39)36-28-20-25-21-38(29-16-10-9-15-26(25)29)18-12-5-4-11-17-35-32(28)40/h6-10,13-16,21,23,25,27-28,30H,4-5,11-12,17-20,22H2,1-3H3,(H2-,35,36,37,39,40,41)/p+1/t25?,27-,28+,30?/m1/s1. The van der Waals surface area contributed by atoms with E-state index in [1.807, 2.05) is 56.3 Å². The van der Waals surface area contributed by atoms with E-state index < -0.39 is 35.7 Å². The number of hydrogen-bond donors (Lipinski definition) is 3. The zero-order chi connectivity index (χ0) is 31.5. The van der Waals surface area contributed by atoms with Gasteiger partial charge in [-0.05, 0) is 37.2 Å². The number of ether oxygens (including phenoxy) is 1. The van der Waals surface area contributed by atoms with Crippen molar-refractivity contribution < 1.29 is 33.3 Å². The molecule has 0 saturated carbocycles. The molecule has 4 rings (SSSR count). The third kappa shape index (κ3) is 8.75. The first-order chi connectivity index (χ1) is 21.3. The molecule has 10 heteroatoms. The fourth-order valence-corrected chi connectivity index (χ4v) is 5.99. The molecular weight excluding hydrogens is 560 g/mol. The SMILES string of the molecule is COC(=O)C(C(=O)NOCc1ccccc1)[C@@H](CC(C)C)C(=O)N[C@H]1CC2C=[N+](CCCCCCNC1=O)c1ccccc12. The van der Waals surface area contributed by atoms with Crippen molar-refractivity contribution in [3.8, 4) is 0 Å². The Morgan fingerprint density at radius 3 is 2.45 bits per heavy atom. The number of nitrogens with zero attached hydrogens (tertiary/aromatic N) is 1. The Labute approximate surface area is 259 Å². The zero-order valence-electron chi connectivity index (χ0n) is 25.9. The summed E-state index contributed by atoms with van der Waals surface area (Å²) in [6.07, 6.45) is 6.67. The molecule has 2 aliphatic heterocycles. The van der Waals surface area contributed by atoms with Crippen molar-refractivity contribution in [3.05, 3.63) is 65.7 Å². The van der Waals surface area contributed by atoms with Gasteiger partial charge in [-0.3, -0.25) is 24.0 Å². The van der Waals surface area contributed by atoms with Crippen LogP contribution in [0.3, 0.4) is 0 Å². The first-order valence-electron chi connectivity index (χ1n) is 15.6. The first kappa shape index (κ1) is 32.9. The van der Waals surface area contributed by atoms with Gasteiger partial charge >= 0.3 is 5.97 Å². The maximum atomic E-state index is 14.0. The molecule has 3 N–H and O–H groups in total. The summed E-state index contributed by atoms with van der Waals surface area (Å²) in [5, 5.41) is 5.93. The Bertz CT molecular complexity index is 1330. The summed E-state index contributed by atoms with van der Waals surface area (Å²) in [5.41, 5.74) is 5.40. The molecule has 2 aliphatic rings. The molecule has 0 radical (unpaired) electrons. The number of hydroxylamine groups is 1. The third-order valence-corrected chi connectivity index (χ3v) is 8.21. The lowest BCUT2D eigenvalue weighted by Gasteiger charge is -2.28. The minimum absolute atomic E-state index is 0.0339. The molecule has 2 aromatic rings. The van der Waals surface area contributed by atoms with Crippen LogP contribution in [0.5, 0.6) is 0 Å². The van der Waals surface area contributed by atoms with E-state index in [2.05, 4.69) is 39.0 Å². The normalized spacial score (nSPS) is 20.0. The van der Waals surface area contributed by atoms with E-state index in [1.165, 1.54) is 7.11 Å². The predicted molar refractivity (Wildman–Crippen MR) is 166 cm³/mol. The number of esters is 1. The summed E-state index contributed by atoms with van der Waals surface area (Å²) in [7, 11) is 1.18. The lowest BCUT2D eigenvalue weighted by atomic mass is 9.83. The van der Waals surface area contributed by atoms with Crippen LogP contribution >= 0.6 is 0 Å². The van der Waals surface area contributed by atoms with Crippen LogP contribution in [0.1, 0.15) is 69.4 Å². The number of para-hydroxylation sites is 1. The second kappa shape index (κ2) is 16.1. The average Bonchev–Trinajstić information content (AvgIpc) is 3.37. The lowest BCUT2D eigenvalue weighted by Crippen LogP contribution is -2.53.